The fourth-order valence-electron chi connectivity index (χ4n) is 2.05. The van der Waals surface area contributed by atoms with Crippen LogP contribution in [0.25, 0.3) is 0 Å². The van der Waals surface area contributed by atoms with Gasteiger partial charge in [0, 0.05) is 19.3 Å². The van der Waals surface area contributed by atoms with Crippen LogP contribution in [0.5, 0.6) is 0 Å². The van der Waals surface area contributed by atoms with Crippen molar-refractivity contribution in [1.82, 2.24) is 4.90 Å². The molecule has 0 aliphatic rings. The number of carbonyl (C=O) groups excluding carboxylic acids is 2. The van der Waals surface area contributed by atoms with Crippen LogP contribution >= 0.6 is 0 Å². The Morgan fingerprint density at radius 1 is 1.16 bits per heavy atom. The number of hydrogen-bond donors (Lipinski definition) is 0. The van der Waals surface area contributed by atoms with Crippen LogP contribution in [-0.4, -0.2) is 49.8 Å². The molecule has 0 aliphatic carbocycles. The van der Waals surface area contributed by atoms with Crippen LogP contribution in [0.15, 0.2) is 36.9 Å². The normalized spacial score (nSPS) is 11.1. The minimum Gasteiger partial charge on any atom is -0.461 e. The number of benzene rings is 1. The largest absolute Gasteiger partial charge is 0.461 e. The molecule has 6 nitrogen and oxygen atoms in total. The Balaban J connectivity index is 2.59. The van der Waals surface area contributed by atoms with Crippen molar-refractivity contribution in [2.24, 2.45) is 0 Å². The number of likely N-dealkylation sites (N-methyl/N-ethyl adjacent to an activating group) is 1. The molecular formula is C19H28N2O4. The van der Waals surface area contributed by atoms with Gasteiger partial charge in [-0.3, -0.25) is 14.6 Å². The van der Waals surface area contributed by atoms with Gasteiger partial charge in [0.1, 0.15) is 12.2 Å². The number of nitrogens with zero attached hydrogens (tertiary/aromatic N) is 2. The lowest BCUT2D eigenvalue weighted by Crippen LogP contribution is -2.34. The molecule has 0 radical (unpaired) electrons. The van der Waals surface area contributed by atoms with Crippen molar-refractivity contribution < 1.29 is 19.1 Å². The van der Waals surface area contributed by atoms with Gasteiger partial charge in [0.15, 0.2) is 0 Å². The van der Waals surface area contributed by atoms with Gasteiger partial charge >= 0.3 is 12.1 Å². The topological polar surface area (TPSA) is 59.1 Å². The third-order valence-corrected chi connectivity index (χ3v) is 3.20. The highest BCUT2D eigenvalue weighted by Crippen LogP contribution is 2.18. The van der Waals surface area contributed by atoms with Gasteiger partial charge in [0.2, 0.25) is 0 Å². The molecule has 0 aromatic heterocycles. The van der Waals surface area contributed by atoms with Crippen LogP contribution in [0.1, 0.15) is 26.3 Å². The molecule has 0 saturated carbocycles. The van der Waals surface area contributed by atoms with E-state index in [1.54, 1.807) is 7.05 Å². The van der Waals surface area contributed by atoms with Gasteiger partial charge in [-0.05, 0) is 45.5 Å². The summed E-state index contributed by atoms with van der Waals surface area (Å²) in [6.07, 6.45) is 1.14. The molecule has 25 heavy (non-hydrogen) atoms. The van der Waals surface area contributed by atoms with Gasteiger partial charge < -0.3 is 9.47 Å². The second kappa shape index (κ2) is 9.22. The fourth-order valence-corrected chi connectivity index (χ4v) is 2.05. The van der Waals surface area contributed by atoms with Crippen molar-refractivity contribution in [3.63, 3.8) is 0 Å². The monoisotopic (exact) mass is 348 g/mol. The van der Waals surface area contributed by atoms with E-state index in [1.165, 1.54) is 11.0 Å². The summed E-state index contributed by atoms with van der Waals surface area (Å²) in [5, 5.41) is 0. The van der Waals surface area contributed by atoms with Gasteiger partial charge in [-0.2, -0.15) is 0 Å². The van der Waals surface area contributed by atoms with E-state index in [0.29, 0.717) is 6.54 Å². The molecule has 0 spiro atoms. The van der Waals surface area contributed by atoms with E-state index in [4.69, 9.17) is 9.47 Å². The van der Waals surface area contributed by atoms with E-state index in [2.05, 4.69) is 6.58 Å². The van der Waals surface area contributed by atoms with E-state index in [9.17, 15) is 9.59 Å². The molecule has 0 heterocycles. The smallest absolute Gasteiger partial charge is 0.414 e. The highest BCUT2D eigenvalue weighted by Gasteiger charge is 2.20. The van der Waals surface area contributed by atoms with Crippen molar-refractivity contribution in [2.75, 3.05) is 32.1 Å². The van der Waals surface area contributed by atoms with Crippen LogP contribution in [0.4, 0.5) is 10.5 Å². The lowest BCUT2D eigenvalue weighted by molar-refractivity contribution is -0.143. The summed E-state index contributed by atoms with van der Waals surface area (Å²) < 4.78 is 10.3. The molecular weight excluding hydrogens is 320 g/mol. The van der Waals surface area contributed by atoms with Crippen LogP contribution in [0, 0.1) is 0 Å². The van der Waals surface area contributed by atoms with E-state index >= 15 is 0 Å². The Labute approximate surface area is 150 Å². The summed E-state index contributed by atoms with van der Waals surface area (Å²) in [7, 11) is 3.51. The highest BCUT2D eigenvalue weighted by molar-refractivity contribution is 5.87. The minimum atomic E-state index is -0.534. The molecule has 1 aromatic rings. The second-order valence-corrected chi connectivity index (χ2v) is 6.85. The zero-order chi connectivity index (χ0) is 19.0. The van der Waals surface area contributed by atoms with Crippen LogP contribution in [0.3, 0.4) is 0 Å². The molecule has 0 fully saturated rings. The zero-order valence-corrected chi connectivity index (χ0v) is 15.7. The van der Waals surface area contributed by atoms with Crippen LogP contribution in [-0.2, 0) is 20.8 Å². The summed E-state index contributed by atoms with van der Waals surface area (Å²) in [5.41, 5.74) is 1.24. The molecule has 0 saturated heterocycles. The maximum Gasteiger partial charge on any atom is 0.414 e. The zero-order valence-electron chi connectivity index (χ0n) is 15.7. The Morgan fingerprint density at radius 3 is 2.28 bits per heavy atom. The quantitative estimate of drug-likeness (QED) is 0.559. The first-order valence-electron chi connectivity index (χ1n) is 8.13. The SMILES string of the molecule is C=CCOC(=O)CN(C)Cc1ccc(N(C)C(=O)OC(C)(C)C)cc1. The molecule has 0 atom stereocenters. The van der Waals surface area contributed by atoms with Gasteiger partial charge in [-0.15, -0.1) is 0 Å². The minimum absolute atomic E-state index is 0.202. The number of esters is 1. The average Bonchev–Trinajstić information content (AvgIpc) is 2.51. The van der Waals surface area contributed by atoms with E-state index in [0.717, 1.165) is 11.3 Å². The van der Waals surface area contributed by atoms with Crippen molar-refractivity contribution in [3.8, 4) is 0 Å². The lowest BCUT2D eigenvalue weighted by atomic mass is 10.2. The highest BCUT2D eigenvalue weighted by atomic mass is 16.6. The predicted octanol–water partition coefficient (Wildman–Crippen LogP) is 3.22. The van der Waals surface area contributed by atoms with Gasteiger partial charge in [0.05, 0.1) is 6.54 Å². The van der Waals surface area contributed by atoms with Crippen molar-refractivity contribution in [2.45, 2.75) is 32.9 Å². The first-order chi connectivity index (χ1) is 11.6. The summed E-state index contributed by atoms with van der Waals surface area (Å²) in [6.45, 7) is 10.0. The van der Waals surface area contributed by atoms with E-state index in [-0.39, 0.29) is 19.1 Å². The number of amides is 1. The Bertz CT molecular complexity index is 590. The van der Waals surface area contributed by atoms with Crippen molar-refractivity contribution in [1.29, 1.82) is 0 Å². The number of anilines is 1. The third-order valence-electron chi connectivity index (χ3n) is 3.20. The summed E-state index contributed by atoms with van der Waals surface area (Å²) in [4.78, 5) is 27.0. The lowest BCUT2D eigenvalue weighted by Gasteiger charge is -2.25. The van der Waals surface area contributed by atoms with E-state index < -0.39 is 11.7 Å². The molecule has 0 N–H and O–H groups in total. The molecule has 1 amide bonds. The standard InChI is InChI=1S/C19H28N2O4/c1-7-12-24-17(22)14-20(5)13-15-8-10-16(11-9-15)21(6)18(23)25-19(2,3)4/h7-11H,1,12-14H2,2-6H3. The predicted molar refractivity (Wildman–Crippen MR) is 98.6 cm³/mol. The second-order valence-electron chi connectivity index (χ2n) is 6.85. The average molecular weight is 348 g/mol. The number of hydrogen-bond acceptors (Lipinski definition) is 5. The van der Waals surface area contributed by atoms with Crippen LogP contribution in [0.2, 0.25) is 0 Å². The Hall–Kier alpha value is -2.34. The van der Waals surface area contributed by atoms with E-state index in [1.807, 2.05) is 57.0 Å². The Morgan fingerprint density at radius 2 is 1.76 bits per heavy atom. The molecule has 0 unspecified atom stereocenters. The van der Waals surface area contributed by atoms with Crippen LogP contribution < -0.4 is 4.90 Å². The molecule has 1 aromatic carbocycles. The summed E-state index contributed by atoms with van der Waals surface area (Å²) >= 11 is 0. The van der Waals surface area contributed by atoms with Crippen molar-refractivity contribution >= 4 is 17.7 Å². The maximum absolute atomic E-state index is 12.1. The maximum atomic E-state index is 12.1. The summed E-state index contributed by atoms with van der Waals surface area (Å²) in [5.74, 6) is -0.288. The first kappa shape index (κ1) is 20.7. The molecule has 1 rings (SSSR count). The van der Waals surface area contributed by atoms with Gasteiger partial charge in [-0.25, -0.2) is 4.79 Å². The summed E-state index contributed by atoms with van der Waals surface area (Å²) in [6, 6.07) is 7.54. The molecule has 6 heteroatoms. The number of ether oxygens (including phenoxy) is 2. The molecule has 0 bridgehead atoms. The molecule has 138 valence electrons. The van der Waals surface area contributed by atoms with Gasteiger partial charge in [0.25, 0.3) is 0 Å². The first-order valence-corrected chi connectivity index (χ1v) is 8.13. The van der Waals surface area contributed by atoms with Crippen molar-refractivity contribution in [3.05, 3.63) is 42.5 Å². The third kappa shape index (κ3) is 7.85. The Kier molecular flexibility index (Phi) is 7.64. The number of carbonyl (C=O) groups is 2. The molecule has 0 aliphatic heterocycles. The number of rotatable bonds is 7. The fraction of sp³-hybridized carbons (Fsp3) is 0.474. The van der Waals surface area contributed by atoms with Gasteiger partial charge in [-0.1, -0.05) is 24.8 Å².